The molecule has 1 aromatic heterocycles. The summed E-state index contributed by atoms with van der Waals surface area (Å²) in [6.07, 6.45) is 0.646. The molecule has 146 valence electrons. The molecule has 2 atom stereocenters. The molecule has 7 heteroatoms. The first-order chi connectivity index (χ1) is 12.5. The van der Waals surface area contributed by atoms with E-state index in [0.717, 1.165) is 50.2 Å². The van der Waals surface area contributed by atoms with Crippen LogP contribution in [0.3, 0.4) is 0 Å². The SMILES string of the molecule is Cl.FC(F)(F)c1cccc(-c2ccc([C@@H]3C[C@H]3NC3CCOCC3)cn2)c1. The van der Waals surface area contributed by atoms with Crippen LogP contribution >= 0.6 is 12.4 Å². The number of alkyl halides is 3. The fourth-order valence-corrected chi connectivity index (χ4v) is 3.56. The second-order valence-electron chi connectivity index (χ2n) is 7.06. The highest BCUT2D eigenvalue weighted by atomic mass is 35.5. The van der Waals surface area contributed by atoms with Crippen LogP contribution in [0, 0.1) is 0 Å². The number of benzene rings is 1. The van der Waals surface area contributed by atoms with E-state index >= 15 is 0 Å². The van der Waals surface area contributed by atoms with E-state index in [-0.39, 0.29) is 12.4 Å². The number of rotatable bonds is 4. The first kappa shape index (κ1) is 20.1. The number of halogens is 4. The molecule has 1 saturated carbocycles. The van der Waals surface area contributed by atoms with Crippen molar-refractivity contribution in [2.24, 2.45) is 0 Å². The molecular weight excluding hydrogens is 377 g/mol. The van der Waals surface area contributed by atoms with Crippen molar-refractivity contribution < 1.29 is 17.9 Å². The Balaban J connectivity index is 0.00000210. The molecule has 0 amide bonds. The molecule has 2 heterocycles. The lowest BCUT2D eigenvalue weighted by molar-refractivity contribution is -0.137. The summed E-state index contributed by atoms with van der Waals surface area (Å²) in [7, 11) is 0. The van der Waals surface area contributed by atoms with E-state index in [9.17, 15) is 13.2 Å². The topological polar surface area (TPSA) is 34.1 Å². The van der Waals surface area contributed by atoms with Crippen molar-refractivity contribution in [2.75, 3.05) is 13.2 Å². The van der Waals surface area contributed by atoms with Gasteiger partial charge in [-0.05, 0) is 43.0 Å². The Labute approximate surface area is 162 Å². The Hall–Kier alpha value is -1.63. The first-order valence-electron chi connectivity index (χ1n) is 8.98. The zero-order valence-electron chi connectivity index (χ0n) is 14.7. The highest BCUT2D eigenvalue weighted by molar-refractivity contribution is 5.85. The van der Waals surface area contributed by atoms with Crippen LogP contribution in [0.15, 0.2) is 42.6 Å². The highest BCUT2D eigenvalue weighted by Gasteiger charge is 2.39. The van der Waals surface area contributed by atoms with Crippen LogP contribution in [0.25, 0.3) is 11.3 Å². The Morgan fingerprint density at radius 2 is 1.85 bits per heavy atom. The quantitative estimate of drug-likeness (QED) is 0.802. The van der Waals surface area contributed by atoms with Gasteiger partial charge in [-0.15, -0.1) is 12.4 Å². The van der Waals surface area contributed by atoms with Gasteiger partial charge < -0.3 is 10.1 Å². The normalized spacial score (nSPS) is 22.9. The zero-order valence-corrected chi connectivity index (χ0v) is 15.5. The van der Waals surface area contributed by atoms with E-state index in [1.165, 1.54) is 6.07 Å². The second kappa shape index (κ2) is 8.17. The van der Waals surface area contributed by atoms with E-state index < -0.39 is 11.7 Å². The maximum atomic E-state index is 12.9. The van der Waals surface area contributed by atoms with E-state index in [1.807, 2.05) is 12.1 Å². The maximum absolute atomic E-state index is 12.9. The van der Waals surface area contributed by atoms with Gasteiger partial charge in [0.15, 0.2) is 0 Å². The third-order valence-corrected chi connectivity index (χ3v) is 5.16. The number of ether oxygens (including phenoxy) is 1. The van der Waals surface area contributed by atoms with Crippen molar-refractivity contribution >= 4 is 12.4 Å². The predicted octanol–water partition coefficient (Wildman–Crippen LogP) is 4.81. The monoisotopic (exact) mass is 398 g/mol. The molecule has 2 aliphatic rings. The molecule has 0 bridgehead atoms. The average Bonchev–Trinajstić information content (AvgIpc) is 3.41. The van der Waals surface area contributed by atoms with E-state index in [0.29, 0.717) is 29.3 Å². The van der Waals surface area contributed by atoms with Crippen LogP contribution in [0.2, 0.25) is 0 Å². The second-order valence-corrected chi connectivity index (χ2v) is 7.06. The number of hydrogen-bond donors (Lipinski definition) is 1. The van der Waals surface area contributed by atoms with Crippen molar-refractivity contribution in [1.82, 2.24) is 10.3 Å². The molecule has 4 rings (SSSR count). The number of nitrogens with zero attached hydrogens (tertiary/aromatic N) is 1. The largest absolute Gasteiger partial charge is 0.416 e. The van der Waals surface area contributed by atoms with Crippen LogP contribution < -0.4 is 5.32 Å². The maximum Gasteiger partial charge on any atom is 0.416 e. The predicted molar refractivity (Wildman–Crippen MR) is 100 cm³/mol. The third-order valence-electron chi connectivity index (χ3n) is 5.16. The van der Waals surface area contributed by atoms with Crippen molar-refractivity contribution in [3.8, 4) is 11.3 Å². The van der Waals surface area contributed by atoms with E-state index in [2.05, 4.69) is 10.3 Å². The summed E-state index contributed by atoms with van der Waals surface area (Å²) in [6.45, 7) is 1.64. The lowest BCUT2D eigenvalue weighted by atomic mass is 10.1. The lowest BCUT2D eigenvalue weighted by Gasteiger charge is -2.23. The Morgan fingerprint density at radius 3 is 2.52 bits per heavy atom. The van der Waals surface area contributed by atoms with Crippen LogP contribution in [0.5, 0.6) is 0 Å². The van der Waals surface area contributed by atoms with Gasteiger partial charge >= 0.3 is 6.18 Å². The van der Waals surface area contributed by atoms with Gasteiger partial charge in [-0.3, -0.25) is 4.98 Å². The highest BCUT2D eigenvalue weighted by Crippen LogP contribution is 2.41. The minimum Gasteiger partial charge on any atom is -0.381 e. The van der Waals surface area contributed by atoms with Crippen LogP contribution in [0.1, 0.15) is 36.3 Å². The molecule has 2 fully saturated rings. The van der Waals surface area contributed by atoms with Gasteiger partial charge in [0.05, 0.1) is 11.3 Å². The summed E-state index contributed by atoms with van der Waals surface area (Å²) in [5, 5.41) is 3.68. The number of hydrogen-bond acceptors (Lipinski definition) is 3. The summed E-state index contributed by atoms with van der Waals surface area (Å²) in [6, 6.07) is 10.1. The third kappa shape index (κ3) is 4.81. The summed E-state index contributed by atoms with van der Waals surface area (Å²) < 4.78 is 44.0. The van der Waals surface area contributed by atoms with Crippen molar-refractivity contribution in [1.29, 1.82) is 0 Å². The van der Waals surface area contributed by atoms with Crippen molar-refractivity contribution in [2.45, 2.75) is 43.4 Å². The minimum atomic E-state index is -4.34. The smallest absolute Gasteiger partial charge is 0.381 e. The van der Waals surface area contributed by atoms with Gasteiger partial charge in [0.1, 0.15) is 0 Å². The summed E-state index contributed by atoms with van der Waals surface area (Å²) >= 11 is 0. The van der Waals surface area contributed by atoms with Crippen LogP contribution in [-0.4, -0.2) is 30.3 Å². The molecule has 1 aliphatic carbocycles. The van der Waals surface area contributed by atoms with Gasteiger partial charge in [-0.25, -0.2) is 0 Å². The van der Waals surface area contributed by atoms with Crippen molar-refractivity contribution in [3.63, 3.8) is 0 Å². The number of aromatic nitrogens is 1. The van der Waals surface area contributed by atoms with Gasteiger partial charge in [-0.2, -0.15) is 13.2 Å². The molecule has 27 heavy (non-hydrogen) atoms. The molecule has 1 aliphatic heterocycles. The Kier molecular flexibility index (Phi) is 6.08. The summed E-state index contributed by atoms with van der Waals surface area (Å²) in [4.78, 5) is 4.40. The van der Waals surface area contributed by atoms with Crippen LogP contribution in [0.4, 0.5) is 13.2 Å². The van der Waals surface area contributed by atoms with Gasteiger partial charge in [0.2, 0.25) is 0 Å². The van der Waals surface area contributed by atoms with Crippen molar-refractivity contribution in [3.05, 3.63) is 53.7 Å². The zero-order chi connectivity index (χ0) is 18.1. The standard InChI is InChI=1S/C20H21F3N2O.ClH/c21-20(22,23)15-3-1-2-13(10-15)18-5-4-14(12-24-18)17-11-19(17)25-16-6-8-26-9-7-16;/h1-5,10,12,16-17,19,25H,6-9,11H2;1H/t17-,19+;/m0./s1. The molecule has 1 aromatic carbocycles. The molecule has 0 unspecified atom stereocenters. The Bertz CT molecular complexity index is 761. The molecule has 1 saturated heterocycles. The number of nitrogens with one attached hydrogen (secondary N) is 1. The molecule has 0 radical (unpaired) electrons. The Morgan fingerprint density at radius 1 is 1.07 bits per heavy atom. The number of pyridine rings is 1. The average molecular weight is 399 g/mol. The van der Waals surface area contributed by atoms with Gasteiger partial charge in [0.25, 0.3) is 0 Å². The molecular formula is C20H22ClF3N2O. The molecule has 0 spiro atoms. The van der Waals surface area contributed by atoms with Gasteiger partial charge in [-0.1, -0.05) is 18.2 Å². The minimum absolute atomic E-state index is 0. The van der Waals surface area contributed by atoms with Gasteiger partial charge in [0, 0.05) is 43.0 Å². The fraction of sp³-hybridized carbons (Fsp3) is 0.450. The van der Waals surface area contributed by atoms with E-state index in [1.54, 1.807) is 12.3 Å². The lowest BCUT2D eigenvalue weighted by Crippen LogP contribution is -2.36. The van der Waals surface area contributed by atoms with Crippen LogP contribution in [-0.2, 0) is 10.9 Å². The fourth-order valence-electron chi connectivity index (χ4n) is 3.56. The molecule has 2 aromatic rings. The molecule has 1 N–H and O–H groups in total. The summed E-state index contributed by atoms with van der Waals surface area (Å²) in [5.41, 5.74) is 1.54. The first-order valence-corrected chi connectivity index (χ1v) is 8.98. The van der Waals surface area contributed by atoms with E-state index in [4.69, 9.17) is 4.74 Å². The summed E-state index contributed by atoms with van der Waals surface area (Å²) in [5.74, 6) is 0.445. The molecule has 3 nitrogen and oxygen atoms in total.